The lowest BCUT2D eigenvalue weighted by Crippen LogP contribution is -2.52. The fourth-order valence-electron chi connectivity index (χ4n) is 2.96. The summed E-state index contributed by atoms with van der Waals surface area (Å²) in [6, 6.07) is 18.8. The van der Waals surface area contributed by atoms with E-state index in [0.29, 0.717) is 6.54 Å². The van der Waals surface area contributed by atoms with Crippen molar-refractivity contribution in [3.05, 3.63) is 65.7 Å². The smallest absolute Gasteiger partial charge is 0.191 e. The average Bonchev–Trinajstić information content (AvgIpc) is 2.68. The van der Waals surface area contributed by atoms with Crippen molar-refractivity contribution >= 4 is 29.9 Å². The normalized spacial score (nSPS) is 12.7. The van der Waals surface area contributed by atoms with Gasteiger partial charge in [-0.1, -0.05) is 42.5 Å². The molecule has 0 bridgehead atoms. The van der Waals surface area contributed by atoms with Crippen molar-refractivity contribution in [2.45, 2.75) is 38.9 Å². The highest BCUT2D eigenvalue weighted by molar-refractivity contribution is 14.0. The number of halogens is 1. The molecule has 0 aliphatic heterocycles. The van der Waals surface area contributed by atoms with Crippen molar-refractivity contribution in [3.8, 4) is 5.75 Å². The summed E-state index contributed by atoms with van der Waals surface area (Å²) in [5.74, 6) is 1.64. The fourth-order valence-corrected chi connectivity index (χ4v) is 2.96. The highest BCUT2D eigenvalue weighted by Gasteiger charge is 2.21. The van der Waals surface area contributed by atoms with Gasteiger partial charge < -0.3 is 20.7 Å². The fraction of sp³-hybridized carbons (Fsp3) is 0.409. The lowest BCUT2D eigenvalue weighted by molar-refractivity contribution is 0.345. The SMILES string of the molecule is CN=C(NCc1cccc(OC)c1)NCC(C)(C)NC(C)c1ccccc1.I. The van der Waals surface area contributed by atoms with Gasteiger partial charge in [0.2, 0.25) is 0 Å². The van der Waals surface area contributed by atoms with E-state index in [4.69, 9.17) is 4.74 Å². The van der Waals surface area contributed by atoms with E-state index in [1.54, 1.807) is 14.2 Å². The molecule has 0 saturated heterocycles. The molecule has 0 fully saturated rings. The molecule has 0 aliphatic carbocycles. The maximum atomic E-state index is 5.27. The van der Waals surface area contributed by atoms with Crippen LogP contribution in [0.4, 0.5) is 0 Å². The largest absolute Gasteiger partial charge is 0.497 e. The molecule has 154 valence electrons. The second-order valence-corrected chi connectivity index (χ2v) is 7.29. The summed E-state index contributed by atoms with van der Waals surface area (Å²) >= 11 is 0. The first kappa shape index (κ1) is 24.2. The van der Waals surface area contributed by atoms with Gasteiger partial charge in [-0.2, -0.15) is 0 Å². The summed E-state index contributed by atoms with van der Waals surface area (Å²) in [5, 5.41) is 10.4. The van der Waals surface area contributed by atoms with Gasteiger partial charge in [-0.25, -0.2) is 0 Å². The molecular weight excluding hydrogens is 463 g/mol. The Hall–Kier alpha value is -1.80. The van der Waals surface area contributed by atoms with Crippen molar-refractivity contribution in [1.29, 1.82) is 0 Å². The molecule has 0 heterocycles. The Morgan fingerprint density at radius 3 is 2.43 bits per heavy atom. The standard InChI is InChI=1S/C22H32N4O.HI/c1-17(19-11-7-6-8-12-19)26-22(2,3)16-25-21(23-4)24-15-18-10-9-13-20(14-18)27-5;/h6-14,17,26H,15-16H2,1-5H3,(H2,23,24,25);1H. The van der Waals surface area contributed by atoms with Crippen LogP contribution in [0.1, 0.15) is 37.9 Å². The topological polar surface area (TPSA) is 57.7 Å². The van der Waals surface area contributed by atoms with E-state index < -0.39 is 0 Å². The van der Waals surface area contributed by atoms with Crippen molar-refractivity contribution in [1.82, 2.24) is 16.0 Å². The zero-order valence-corrected chi connectivity index (χ0v) is 19.8. The van der Waals surface area contributed by atoms with Crippen LogP contribution in [0.3, 0.4) is 0 Å². The predicted molar refractivity (Wildman–Crippen MR) is 129 cm³/mol. The molecule has 2 rings (SSSR count). The van der Waals surface area contributed by atoms with Crippen LogP contribution in [-0.2, 0) is 6.54 Å². The van der Waals surface area contributed by atoms with Crippen LogP contribution in [0, 0.1) is 0 Å². The highest BCUT2D eigenvalue weighted by Crippen LogP contribution is 2.16. The van der Waals surface area contributed by atoms with Gasteiger partial charge >= 0.3 is 0 Å². The van der Waals surface area contributed by atoms with E-state index in [1.807, 2.05) is 24.3 Å². The van der Waals surface area contributed by atoms with E-state index in [0.717, 1.165) is 23.8 Å². The second kappa shape index (κ2) is 11.9. The minimum atomic E-state index is -0.0944. The summed E-state index contributed by atoms with van der Waals surface area (Å²) in [6.45, 7) is 8.00. The maximum absolute atomic E-state index is 5.27. The molecule has 2 aromatic rings. The monoisotopic (exact) mass is 496 g/mol. The van der Waals surface area contributed by atoms with Gasteiger partial charge in [-0.15, -0.1) is 24.0 Å². The number of benzene rings is 2. The molecule has 1 unspecified atom stereocenters. The van der Waals surface area contributed by atoms with Gasteiger partial charge in [0.25, 0.3) is 0 Å². The Balaban J connectivity index is 0.00000392. The van der Waals surface area contributed by atoms with Crippen LogP contribution in [0.5, 0.6) is 5.75 Å². The van der Waals surface area contributed by atoms with Crippen LogP contribution in [-0.4, -0.2) is 32.2 Å². The molecule has 0 aliphatic rings. The summed E-state index contributed by atoms with van der Waals surface area (Å²) < 4.78 is 5.27. The lowest BCUT2D eigenvalue weighted by Gasteiger charge is -2.31. The zero-order valence-electron chi connectivity index (χ0n) is 17.5. The number of ether oxygens (including phenoxy) is 1. The number of nitrogens with one attached hydrogen (secondary N) is 3. The second-order valence-electron chi connectivity index (χ2n) is 7.29. The third-order valence-electron chi connectivity index (χ3n) is 4.42. The number of hydrogen-bond donors (Lipinski definition) is 3. The Bertz CT molecular complexity index is 734. The number of aliphatic imine (C=N–C) groups is 1. The summed E-state index contributed by atoms with van der Waals surface area (Å²) in [7, 11) is 3.46. The molecule has 0 radical (unpaired) electrons. The van der Waals surface area contributed by atoms with E-state index >= 15 is 0 Å². The molecule has 28 heavy (non-hydrogen) atoms. The van der Waals surface area contributed by atoms with E-state index in [-0.39, 0.29) is 35.6 Å². The Morgan fingerprint density at radius 1 is 1.07 bits per heavy atom. The molecule has 0 aromatic heterocycles. The number of nitrogens with zero attached hydrogens (tertiary/aromatic N) is 1. The van der Waals surface area contributed by atoms with Crippen LogP contribution >= 0.6 is 24.0 Å². The molecule has 0 spiro atoms. The molecule has 6 heteroatoms. The summed E-state index contributed by atoms with van der Waals surface area (Å²) in [4.78, 5) is 4.32. The lowest BCUT2D eigenvalue weighted by atomic mass is 10.0. The number of rotatable bonds is 8. The highest BCUT2D eigenvalue weighted by atomic mass is 127. The summed E-state index contributed by atoms with van der Waals surface area (Å²) in [6.07, 6.45) is 0. The van der Waals surface area contributed by atoms with E-state index in [1.165, 1.54) is 5.56 Å². The van der Waals surface area contributed by atoms with E-state index in [9.17, 15) is 0 Å². The van der Waals surface area contributed by atoms with Gasteiger partial charge in [0.1, 0.15) is 5.75 Å². The van der Waals surface area contributed by atoms with Gasteiger partial charge in [0, 0.05) is 31.7 Å². The zero-order chi connectivity index (χ0) is 19.7. The first-order valence-electron chi connectivity index (χ1n) is 9.33. The molecule has 5 nitrogen and oxygen atoms in total. The maximum Gasteiger partial charge on any atom is 0.191 e. The van der Waals surface area contributed by atoms with Gasteiger partial charge in [0.05, 0.1) is 7.11 Å². The molecular formula is C22H33IN4O. The Kier molecular flexibility index (Phi) is 10.3. The van der Waals surface area contributed by atoms with Gasteiger partial charge in [-0.05, 0) is 44.0 Å². The first-order chi connectivity index (χ1) is 12.9. The molecule has 3 N–H and O–H groups in total. The van der Waals surface area contributed by atoms with Crippen LogP contribution in [0.2, 0.25) is 0 Å². The minimum Gasteiger partial charge on any atom is -0.497 e. The quantitative estimate of drug-likeness (QED) is 0.293. The van der Waals surface area contributed by atoms with Crippen molar-refractivity contribution in [2.24, 2.45) is 4.99 Å². The molecule has 0 saturated carbocycles. The number of guanidine groups is 1. The minimum absolute atomic E-state index is 0. The third kappa shape index (κ3) is 8.06. The van der Waals surface area contributed by atoms with Gasteiger partial charge in [0.15, 0.2) is 5.96 Å². The average molecular weight is 496 g/mol. The van der Waals surface area contributed by atoms with Crippen LogP contribution < -0.4 is 20.7 Å². The predicted octanol–water partition coefficient (Wildman–Crippen LogP) is 4.11. The van der Waals surface area contributed by atoms with Gasteiger partial charge in [-0.3, -0.25) is 4.99 Å². The van der Waals surface area contributed by atoms with Crippen molar-refractivity contribution in [2.75, 3.05) is 20.7 Å². The molecule has 2 aromatic carbocycles. The molecule has 1 atom stereocenters. The van der Waals surface area contributed by atoms with Crippen molar-refractivity contribution < 1.29 is 4.74 Å². The first-order valence-corrected chi connectivity index (χ1v) is 9.33. The summed E-state index contributed by atoms with van der Waals surface area (Å²) in [5.41, 5.74) is 2.33. The third-order valence-corrected chi connectivity index (χ3v) is 4.42. The molecule has 0 amide bonds. The van der Waals surface area contributed by atoms with Crippen molar-refractivity contribution in [3.63, 3.8) is 0 Å². The van der Waals surface area contributed by atoms with Crippen LogP contribution in [0.15, 0.2) is 59.6 Å². The van der Waals surface area contributed by atoms with Crippen LogP contribution in [0.25, 0.3) is 0 Å². The Morgan fingerprint density at radius 2 is 1.79 bits per heavy atom. The number of methoxy groups -OCH3 is 1. The van der Waals surface area contributed by atoms with E-state index in [2.05, 4.69) is 72.0 Å². The Labute approximate surface area is 186 Å². The number of hydrogen-bond acceptors (Lipinski definition) is 3.